The molecule has 0 N–H and O–H groups in total. The maximum absolute atomic E-state index is 11.0. The lowest BCUT2D eigenvalue weighted by Gasteiger charge is -2.03. The average molecular weight is 181 g/mol. The van der Waals surface area contributed by atoms with Crippen molar-refractivity contribution in [2.75, 3.05) is 0 Å². The first-order chi connectivity index (χ1) is 5.79. The van der Waals surface area contributed by atoms with Crippen molar-refractivity contribution in [2.24, 2.45) is 0 Å². The van der Waals surface area contributed by atoms with Gasteiger partial charge in [-0.1, -0.05) is 24.3 Å². The summed E-state index contributed by atoms with van der Waals surface area (Å²) in [6.45, 7) is 0. The van der Waals surface area contributed by atoms with Crippen molar-refractivity contribution < 1.29 is 4.79 Å². The zero-order chi connectivity index (χ0) is 8.55. The van der Waals surface area contributed by atoms with Gasteiger partial charge in [-0.05, 0) is 35.6 Å². The summed E-state index contributed by atoms with van der Waals surface area (Å²) in [6.07, 6.45) is 1.86. The highest BCUT2D eigenvalue weighted by atomic mass is 35.5. The van der Waals surface area contributed by atoms with E-state index in [4.69, 9.17) is 11.6 Å². The van der Waals surface area contributed by atoms with E-state index in [1.54, 1.807) is 0 Å². The SMILES string of the molecule is O=C(Cl)C1CCc2ccccc21. The molecule has 0 aliphatic heterocycles. The Hall–Kier alpha value is -0.820. The highest BCUT2D eigenvalue weighted by molar-refractivity contribution is 6.64. The van der Waals surface area contributed by atoms with E-state index in [1.807, 2.05) is 18.2 Å². The summed E-state index contributed by atoms with van der Waals surface area (Å²) < 4.78 is 0. The minimum Gasteiger partial charge on any atom is -0.281 e. The van der Waals surface area contributed by atoms with Crippen LogP contribution in [0.4, 0.5) is 0 Å². The van der Waals surface area contributed by atoms with Crippen LogP contribution in [0.5, 0.6) is 0 Å². The number of benzene rings is 1. The molecular formula is C10H9ClO. The molecule has 1 unspecified atom stereocenters. The fourth-order valence-electron chi connectivity index (χ4n) is 1.79. The summed E-state index contributed by atoms with van der Waals surface area (Å²) >= 11 is 5.47. The molecule has 0 aromatic heterocycles. The average Bonchev–Trinajstić information content (AvgIpc) is 2.47. The van der Waals surface area contributed by atoms with Gasteiger partial charge in [-0.25, -0.2) is 0 Å². The van der Waals surface area contributed by atoms with Gasteiger partial charge in [0.1, 0.15) is 0 Å². The summed E-state index contributed by atoms with van der Waals surface area (Å²) in [5, 5.41) is -0.222. The highest BCUT2D eigenvalue weighted by Gasteiger charge is 2.26. The first-order valence-electron chi connectivity index (χ1n) is 4.06. The molecule has 0 saturated heterocycles. The predicted molar refractivity (Wildman–Crippen MR) is 48.4 cm³/mol. The van der Waals surface area contributed by atoms with E-state index in [0.717, 1.165) is 18.4 Å². The molecule has 12 heavy (non-hydrogen) atoms. The summed E-state index contributed by atoms with van der Waals surface area (Å²) in [4.78, 5) is 11.0. The molecule has 0 spiro atoms. The molecule has 0 bridgehead atoms. The number of hydrogen-bond donors (Lipinski definition) is 0. The maximum Gasteiger partial charge on any atom is 0.229 e. The van der Waals surface area contributed by atoms with Gasteiger partial charge in [0.15, 0.2) is 0 Å². The lowest BCUT2D eigenvalue weighted by Crippen LogP contribution is -2.01. The fourth-order valence-corrected chi connectivity index (χ4v) is 2.02. The number of halogens is 1. The summed E-state index contributed by atoms with van der Waals surface area (Å²) in [7, 11) is 0. The third-order valence-corrected chi connectivity index (χ3v) is 2.67. The van der Waals surface area contributed by atoms with Crippen molar-refractivity contribution in [1.29, 1.82) is 0 Å². The van der Waals surface area contributed by atoms with Crippen molar-refractivity contribution >= 4 is 16.8 Å². The molecule has 0 amide bonds. The van der Waals surface area contributed by atoms with Crippen LogP contribution in [0.2, 0.25) is 0 Å². The van der Waals surface area contributed by atoms with Gasteiger partial charge in [0.25, 0.3) is 0 Å². The lowest BCUT2D eigenvalue weighted by molar-refractivity contribution is -0.112. The normalized spacial score (nSPS) is 20.6. The van der Waals surface area contributed by atoms with Crippen LogP contribution in [0, 0.1) is 0 Å². The predicted octanol–water partition coefficient (Wildman–Crippen LogP) is 2.48. The van der Waals surface area contributed by atoms with Crippen LogP contribution in [0.25, 0.3) is 0 Å². The van der Waals surface area contributed by atoms with Crippen molar-refractivity contribution in [2.45, 2.75) is 18.8 Å². The van der Waals surface area contributed by atoms with Gasteiger partial charge in [0, 0.05) is 0 Å². The maximum atomic E-state index is 11.0. The van der Waals surface area contributed by atoms with Gasteiger partial charge in [0.2, 0.25) is 5.24 Å². The van der Waals surface area contributed by atoms with Crippen LogP contribution >= 0.6 is 11.6 Å². The topological polar surface area (TPSA) is 17.1 Å². The third-order valence-electron chi connectivity index (χ3n) is 2.41. The van der Waals surface area contributed by atoms with Crippen LogP contribution in [0.15, 0.2) is 24.3 Å². The second-order valence-electron chi connectivity index (χ2n) is 3.09. The first-order valence-corrected chi connectivity index (χ1v) is 4.44. The Morgan fingerprint density at radius 1 is 1.42 bits per heavy atom. The molecule has 2 heteroatoms. The fraction of sp³-hybridized carbons (Fsp3) is 0.300. The molecule has 0 radical (unpaired) electrons. The Labute approximate surface area is 76.4 Å². The zero-order valence-corrected chi connectivity index (χ0v) is 7.34. The minimum absolute atomic E-state index is 0.0529. The molecule has 0 fully saturated rings. The van der Waals surface area contributed by atoms with E-state index in [-0.39, 0.29) is 11.2 Å². The second kappa shape index (κ2) is 2.91. The quantitative estimate of drug-likeness (QED) is 0.607. The Balaban J connectivity index is 2.42. The van der Waals surface area contributed by atoms with Crippen LogP contribution in [0.3, 0.4) is 0 Å². The molecule has 1 nitrogen and oxygen atoms in total. The van der Waals surface area contributed by atoms with Crippen LogP contribution in [-0.2, 0) is 11.2 Å². The molecule has 1 atom stereocenters. The number of carbonyl (C=O) groups is 1. The third kappa shape index (κ3) is 1.14. The standard InChI is InChI=1S/C10H9ClO/c11-10(12)9-6-5-7-3-1-2-4-8(7)9/h1-4,9H,5-6H2. The van der Waals surface area contributed by atoms with Crippen molar-refractivity contribution in [3.05, 3.63) is 35.4 Å². The van der Waals surface area contributed by atoms with Gasteiger partial charge >= 0.3 is 0 Å². The molecule has 1 aromatic carbocycles. The van der Waals surface area contributed by atoms with Gasteiger partial charge in [-0.3, -0.25) is 4.79 Å². The zero-order valence-electron chi connectivity index (χ0n) is 6.59. The molecule has 0 saturated carbocycles. The number of hydrogen-bond acceptors (Lipinski definition) is 1. The number of carbonyl (C=O) groups excluding carboxylic acids is 1. The summed E-state index contributed by atoms with van der Waals surface area (Å²) in [5.74, 6) is -0.0529. The Morgan fingerprint density at radius 2 is 2.17 bits per heavy atom. The van der Waals surface area contributed by atoms with E-state index in [1.165, 1.54) is 5.56 Å². The monoisotopic (exact) mass is 180 g/mol. The Kier molecular flexibility index (Phi) is 1.89. The van der Waals surface area contributed by atoms with Gasteiger partial charge < -0.3 is 0 Å². The van der Waals surface area contributed by atoms with E-state index in [9.17, 15) is 4.79 Å². The van der Waals surface area contributed by atoms with Crippen molar-refractivity contribution in [3.8, 4) is 0 Å². The Bertz CT molecular complexity index is 319. The first kappa shape index (κ1) is 7.81. The van der Waals surface area contributed by atoms with E-state index < -0.39 is 0 Å². The molecule has 1 aliphatic carbocycles. The van der Waals surface area contributed by atoms with Gasteiger partial charge in [-0.15, -0.1) is 0 Å². The second-order valence-corrected chi connectivity index (χ2v) is 3.47. The van der Waals surface area contributed by atoms with Crippen LogP contribution in [-0.4, -0.2) is 5.24 Å². The molecule has 2 rings (SSSR count). The van der Waals surface area contributed by atoms with E-state index >= 15 is 0 Å². The Morgan fingerprint density at radius 3 is 2.92 bits per heavy atom. The number of rotatable bonds is 1. The highest BCUT2D eigenvalue weighted by Crippen LogP contribution is 2.34. The van der Waals surface area contributed by atoms with E-state index in [0.29, 0.717) is 0 Å². The molecule has 62 valence electrons. The van der Waals surface area contributed by atoms with Crippen molar-refractivity contribution in [3.63, 3.8) is 0 Å². The molecule has 1 aromatic rings. The smallest absolute Gasteiger partial charge is 0.229 e. The largest absolute Gasteiger partial charge is 0.281 e. The van der Waals surface area contributed by atoms with Crippen LogP contribution < -0.4 is 0 Å². The summed E-state index contributed by atoms with van der Waals surface area (Å²) in [6, 6.07) is 8.01. The van der Waals surface area contributed by atoms with Gasteiger partial charge in [0.05, 0.1) is 5.92 Å². The molecular weight excluding hydrogens is 172 g/mol. The molecule has 1 aliphatic rings. The molecule has 0 heterocycles. The summed E-state index contributed by atoms with van der Waals surface area (Å²) in [5.41, 5.74) is 2.40. The van der Waals surface area contributed by atoms with E-state index in [2.05, 4.69) is 6.07 Å². The minimum atomic E-state index is -0.222. The number of aryl methyl sites for hydroxylation is 1. The number of fused-ring (bicyclic) bond motifs is 1. The van der Waals surface area contributed by atoms with Gasteiger partial charge in [-0.2, -0.15) is 0 Å². The van der Waals surface area contributed by atoms with Crippen LogP contribution in [0.1, 0.15) is 23.5 Å². The van der Waals surface area contributed by atoms with Crippen molar-refractivity contribution in [1.82, 2.24) is 0 Å². The lowest BCUT2D eigenvalue weighted by atomic mass is 10.0.